The van der Waals surface area contributed by atoms with E-state index in [-0.39, 0.29) is 12.3 Å². The van der Waals surface area contributed by atoms with Crippen LogP contribution >= 0.6 is 0 Å². The number of anilines is 1. The molecule has 3 rings (SSSR count). The third-order valence-corrected chi connectivity index (χ3v) is 4.46. The van der Waals surface area contributed by atoms with Crippen molar-refractivity contribution in [2.45, 2.75) is 13.0 Å². The second kappa shape index (κ2) is 8.47. The van der Waals surface area contributed by atoms with Crippen LogP contribution in [0.3, 0.4) is 0 Å². The predicted octanol–water partition coefficient (Wildman–Crippen LogP) is 2.69. The summed E-state index contributed by atoms with van der Waals surface area (Å²) in [5, 5.41) is 0.804. The van der Waals surface area contributed by atoms with Crippen molar-refractivity contribution in [3.05, 3.63) is 64.5 Å². The van der Waals surface area contributed by atoms with Crippen molar-refractivity contribution in [3.8, 4) is 11.5 Å². The average Bonchev–Trinajstić information content (AvgIpc) is 2.70. The molecule has 2 N–H and O–H groups in total. The third-order valence-electron chi connectivity index (χ3n) is 4.46. The minimum Gasteiger partial charge on any atom is -0.497 e. The monoisotopic (exact) mass is 382 g/mol. The zero-order chi connectivity index (χ0) is 20.1. The van der Waals surface area contributed by atoms with Crippen molar-refractivity contribution < 1.29 is 18.7 Å². The molecule has 3 aromatic rings. The van der Waals surface area contributed by atoms with E-state index in [1.165, 1.54) is 6.07 Å². The fourth-order valence-corrected chi connectivity index (χ4v) is 3.01. The summed E-state index contributed by atoms with van der Waals surface area (Å²) in [6.07, 6.45) is 0.194. The second-order valence-electron chi connectivity index (χ2n) is 6.29. The van der Waals surface area contributed by atoms with Gasteiger partial charge in [0.2, 0.25) is 5.91 Å². The van der Waals surface area contributed by atoms with E-state index in [2.05, 4.69) is 0 Å². The number of ether oxygens (including phenoxy) is 2. The first-order chi connectivity index (χ1) is 13.5. The third kappa shape index (κ3) is 4.43. The Hall–Kier alpha value is -3.48. The van der Waals surface area contributed by atoms with Gasteiger partial charge in [-0.2, -0.15) is 0 Å². The molecule has 0 saturated carbocycles. The van der Waals surface area contributed by atoms with Gasteiger partial charge in [0.1, 0.15) is 17.1 Å². The normalized spacial score (nSPS) is 10.6. The number of nitrogens with two attached hydrogens (primary N) is 1. The lowest BCUT2D eigenvalue weighted by atomic mass is 10.1. The highest BCUT2D eigenvalue weighted by Crippen LogP contribution is 2.26. The number of methoxy groups -OCH3 is 2. The van der Waals surface area contributed by atoms with Crippen LogP contribution in [-0.4, -0.2) is 26.7 Å². The van der Waals surface area contributed by atoms with Gasteiger partial charge in [0.05, 0.1) is 14.2 Å². The molecule has 0 unspecified atom stereocenters. The Bertz CT molecular complexity index is 1030. The zero-order valence-corrected chi connectivity index (χ0v) is 15.8. The smallest absolute Gasteiger partial charge is 0.336 e. The molecule has 0 fully saturated rings. The Morgan fingerprint density at radius 3 is 2.36 bits per heavy atom. The van der Waals surface area contributed by atoms with Crippen LogP contribution in [0.2, 0.25) is 0 Å². The summed E-state index contributed by atoms with van der Waals surface area (Å²) in [6, 6.07) is 14.3. The lowest BCUT2D eigenvalue weighted by Gasteiger charge is -2.25. The van der Waals surface area contributed by atoms with E-state index >= 15 is 0 Å². The van der Waals surface area contributed by atoms with E-state index < -0.39 is 5.63 Å². The standard InChI is InChI=1S/C21H22N2O5/c1-26-16-5-3-15(4-6-16)23(10-9-20(22)24)13-14-11-21(25)28-19-12-17(27-2)7-8-18(14)19/h3-8,11-12H,9-10,13H2,1-2H3,(H2,22,24). The molecule has 1 heterocycles. The highest BCUT2D eigenvalue weighted by molar-refractivity contribution is 5.82. The van der Waals surface area contributed by atoms with Crippen molar-refractivity contribution in [2.24, 2.45) is 5.73 Å². The summed E-state index contributed by atoms with van der Waals surface area (Å²) >= 11 is 0. The molecule has 28 heavy (non-hydrogen) atoms. The van der Waals surface area contributed by atoms with Crippen molar-refractivity contribution in [2.75, 3.05) is 25.7 Å². The van der Waals surface area contributed by atoms with Gasteiger partial charge in [0.15, 0.2) is 0 Å². The van der Waals surface area contributed by atoms with Crippen LogP contribution in [-0.2, 0) is 11.3 Å². The van der Waals surface area contributed by atoms with Crippen LogP contribution in [0.1, 0.15) is 12.0 Å². The second-order valence-corrected chi connectivity index (χ2v) is 6.29. The number of fused-ring (bicyclic) bond motifs is 1. The molecule has 1 aromatic heterocycles. The predicted molar refractivity (Wildman–Crippen MR) is 107 cm³/mol. The van der Waals surface area contributed by atoms with Gasteiger partial charge in [-0.25, -0.2) is 4.79 Å². The molecule has 7 heteroatoms. The van der Waals surface area contributed by atoms with Gasteiger partial charge in [-0.05, 0) is 42.0 Å². The first-order valence-corrected chi connectivity index (χ1v) is 8.78. The molecule has 1 amide bonds. The number of carbonyl (C=O) groups excluding carboxylic acids is 1. The number of rotatable bonds is 8. The summed E-state index contributed by atoms with van der Waals surface area (Å²) in [7, 11) is 3.15. The number of nitrogens with zero attached hydrogens (tertiary/aromatic N) is 1. The molecule has 0 bridgehead atoms. The molecule has 146 valence electrons. The Kier molecular flexibility index (Phi) is 5.84. The van der Waals surface area contributed by atoms with Gasteiger partial charge in [-0.1, -0.05) is 0 Å². The Morgan fingerprint density at radius 1 is 1.04 bits per heavy atom. The molecule has 0 atom stereocenters. The van der Waals surface area contributed by atoms with Crippen LogP contribution in [0.5, 0.6) is 11.5 Å². The Labute approximate surface area is 162 Å². The van der Waals surface area contributed by atoms with Gasteiger partial charge in [-0.3, -0.25) is 4.79 Å². The summed E-state index contributed by atoms with van der Waals surface area (Å²) in [5.74, 6) is 0.950. The highest BCUT2D eigenvalue weighted by atomic mass is 16.5. The van der Waals surface area contributed by atoms with Gasteiger partial charge >= 0.3 is 5.63 Å². The number of carbonyl (C=O) groups is 1. The van der Waals surface area contributed by atoms with E-state index in [9.17, 15) is 9.59 Å². The molecule has 0 aliphatic heterocycles. The maximum Gasteiger partial charge on any atom is 0.336 e. The lowest BCUT2D eigenvalue weighted by Crippen LogP contribution is -2.28. The number of hydrogen-bond acceptors (Lipinski definition) is 6. The number of hydrogen-bond donors (Lipinski definition) is 1. The van der Waals surface area contributed by atoms with Crippen molar-refractivity contribution in [1.29, 1.82) is 0 Å². The minimum atomic E-state index is -0.444. The molecule has 2 aromatic carbocycles. The molecule has 7 nitrogen and oxygen atoms in total. The molecule has 0 aliphatic carbocycles. The summed E-state index contributed by atoms with van der Waals surface area (Å²) in [6.45, 7) is 0.827. The van der Waals surface area contributed by atoms with Crippen molar-refractivity contribution in [3.63, 3.8) is 0 Å². The first-order valence-electron chi connectivity index (χ1n) is 8.78. The van der Waals surface area contributed by atoms with Crippen LogP contribution in [0.4, 0.5) is 5.69 Å². The SMILES string of the molecule is COc1ccc(N(CCC(N)=O)Cc2cc(=O)oc3cc(OC)ccc23)cc1. The highest BCUT2D eigenvalue weighted by Gasteiger charge is 2.14. The fourth-order valence-electron chi connectivity index (χ4n) is 3.01. The van der Waals surface area contributed by atoms with Crippen LogP contribution in [0, 0.1) is 0 Å². The molecule has 0 saturated heterocycles. The fraction of sp³-hybridized carbons (Fsp3) is 0.238. The van der Waals surface area contributed by atoms with Crippen LogP contribution in [0.15, 0.2) is 57.7 Å². The Morgan fingerprint density at radius 2 is 1.71 bits per heavy atom. The number of benzene rings is 2. The van der Waals surface area contributed by atoms with Gasteiger partial charge < -0.3 is 24.5 Å². The average molecular weight is 382 g/mol. The van der Waals surface area contributed by atoms with E-state index in [0.717, 1.165) is 22.4 Å². The Balaban J connectivity index is 1.99. The largest absolute Gasteiger partial charge is 0.497 e. The zero-order valence-electron chi connectivity index (χ0n) is 15.8. The van der Waals surface area contributed by atoms with E-state index in [1.807, 2.05) is 41.3 Å². The number of primary amides is 1. The van der Waals surface area contributed by atoms with Gasteiger partial charge in [-0.15, -0.1) is 0 Å². The maximum absolute atomic E-state index is 12.1. The van der Waals surface area contributed by atoms with E-state index in [4.69, 9.17) is 19.6 Å². The van der Waals surface area contributed by atoms with Crippen molar-refractivity contribution >= 4 is 22.6 Å². The van der Waals surface area contributed by atoms with E-state index in [0.29, 0.717) is 24.4 Å². The lowest BCUT2D eigenvalue weighted by molar-refractivity contribution is -0.117. The molecular weight excluding hydrogens is 360 g/mol. The molecular formula is C21H22N2O5. The molecule has 0 aliphatic rings. The quantitative estimate of drug-likeness (QED) is 0.602. The summed E-state index contributed by atoms with van der Waals surface area (Å²) < 4.78 is 15.7. The summed E-state index contributed by atoms with van der Waals surface area (Å²) in [4.78, 5) is 25.4. The summed E-state index contributed by atoms with van der Waals surface area (Å²) in [5.41, 5.74) is 7.02. The molecule has 0 spiro atoms. The van der Waals surface area contributed by atoms with E-state index in [1.54, 1.807) is 20.3 Å². The van der Waals surface area contributed by atoms with Crippen LogP contribution in [0.25, 0.3) is 11.0 Å². The van der Waals surface area contributed by atoms with Crippen LogP contribution < -0.4 is 25.7 Å². The van der Waals surface area contributed by atoms with Gasteiger partial charge in [0, 0.05) is 42.7 Å². The number of amides is 1. The van der Waals surface area contributed by atoms with Gasteiger partial charge in [0.25, 0.3) is 0 Å². The topological polar surface area (TPSA) is 95.0 Å². The van der Waals surface area contributed by atoms with Crippen molar-refractivity contribution in [1.82, 2.24) is 0 Å². The molecule has 0 radical (unpaired) electrons. The minimum absolute atomic E-state index is 0.194. The maximum atomic E-state index is 12.1. The first kappa shape index (κ1) is 19.3.